The number of halogens is 1. The minimum Gasteiger partial charge on any atom is -0.450 e. The standard InChI is InChI=1S/C24H20ClN3O3S2/c1-2-31-24(30)28-12-11-15-19(13-28)33-23(27-21(29)14-7-3-4-8-16(14)25)20(15)22-26-17-9-5-6-10-18(17)32-22/h3-10H,2,11-13H2,1H3,(H,27,29). The summed E-state index contributed by atoms with van der Waals surface area (Å²) in [6.45, 7) is 3.13. The molecular formula is C24H20ClN3O3S2. The molecule has 0 aliphatic carbocycles. The molecule has 0 atom stereocenters. The van der Waals surface area contributed by atoms with E-state index in [4.69, 9.17) is 21.3 Å². The highest BCUT2D eigenvalue weighted by atomic mass is 35.5. The Morgan fingerprint density at radius 2 is 1.94 bits per heavy atom. The number of amides is 2. The van der Waals surface area contributed by atoms with E-state index in [0.717, 1.165) is 36.2 Å². The molecule has 4 aromatic rings. The molecule has 1 aliphatic heterocycles. The Morgan fingerprint density at radius 3 is 2.73 bits per heavy atom. The third-order valence-electron chi connectivity index (χ3n) is 5.44. The minimum absolute atomic E-state index is 0.274. The third-order valence-corrected chi connectivity index (χ3v) is 7.95. The van der Waals surface area contributed by atoms with Crippen molar-refractivity contribution in [3.63, 3.8) is 0 Å². The fourth-order valence-corrected chi connectivity index (χ4v) is 6.47. The largest absolute Gasteiger partial charge is 0.450 e. The molecule has 5 rings (SSSR count). The number of nitrogens with one attached hydrogen (secondary N) is 1. The van der Waals surface area contributed by atoms with Crippen LogP contribution in [0.25, 0.3) is 20.8 Å². The smallest absolute Gasteiger partial charge is 0.410 e. The molecule has 2 amide bonds. The summed E-state index contributed by atoms with van der Waals surface area (Å²) in [5.41, 5.74) is 3.38. The first-order valence-corrected chi connectivity index (χ1v) is 12.5. The SMILES string of the molecule is CCOC(=O)N1CCc2c(sc(NC(=O)c3ccccc3Cl)c2-c2nc3ccccc3s2)C1. The van der Waals surface area contributed by atoms with Crippen LogP contribution in [0.15, 0.2) is 48.5 Å². The molecule has 0 unspecified atom stereocenters. The number of hydrogen-bond donors (Lipinski definition) is 1. The third kappa shape index (κ3) is 4.21. The topological polar surface area (TPSA) is 71.5 Å². The van der Waals surface area contributed by atoms with Crippen LogP contribution in [0.3, 0.4) is 0 Å². The van der Waals surface area contributed by atoms with Crippen molar-refractivity contribution in [2.24, 2.45) is 0 Å². The van der Waals surface area contributed by atoms with E-state index in [0.29, 0.717) is 36.7 Å². The summed E-state index contributed by atoms with van der Waals surface area (Å²) in [7, 11) is 0. The van der Waals surface area contributed by atoms with Crippen molar-refractivity contribution < 1.29 is 14.3 Å². The first-order chi connectivity index (χ1) is 16.0. The molecule has 0 fully saturated rings. The predicted molar refractivity (Wildman–Crippen MR) is 133 cm³/mol. The molecule has 0 bridgehead atoms. The van der Waals surface area contributed by atoms with Gasteiger partial charge in [0.05, 0.1) is 34.0 Å². The van der Waals surface area contributed by atoms with Gasteiger partial charge in [0.25, 0.3) is 5.91 Å². The van der Waals surface area contributed by atoms with Gasteiger partial charge in [-0.25, -0.2) is 9.78 Å². The fraction of sp³-hybridized carbons (Fsp3) is 0.208. The van der Waals surface area contributed by atoms with Crippen molar-refractivity contribution in [3.8, 4) is 10.6 Å². The van der Waals surface area contributed by atoms with Gasteiger partial charge < -0.3 is 15.0 Å². The number of anilines is 1. The average Bonchev–Trinajstić information content (AvgIpc) is 3.39. The van der Waals surface area contributed by atoms with Crippen molar-refractivity contribution in [1.82, 2.24) is 9.88 Å². The molecule has 6 nitrogen and oxygen atoms in total. The van der Waals surface area contributed by atoms with Crippen LogP contribution in [0.2, 0.25) is 5.02 Å². The maximum atomic E-state index is 13.1. The number of benzene rings is 2. The Morgan fingerprint density at radius 1 is 1.15 bits per heavy atom. The van der Waals surface area contributed by atoms with E-state index in [1.165, 1.54) is 11.3 Å². The van der Waals surface area contributed by atoms with Crippen LogP contribution in [0, 0.1) is 0 Å². The highest BCUT2D eigenvalue weighted by Gasteiger charge is 2.30. The number of carbonyl (C=O) groups is 2. The normalized spacial score (nSPS) is 13.1. The number of thiophene rings is 1. The van der Waals surface area contributed by atoms with Gasteiger partial charge >= 0.3 is 6.09 Å². The van der Waals surface area contributed by atoms with Gasteiger partial charge in [-0.1, -0.05) is 35.9 Å². The van der Waals surface area contributed by atoms with E-state index in [9.17, 15) is 9.59 Å². The molecule has 2 aromatic heterocycles. The van der Waals surface area contributed by atoms with Crippen LogP contribution < -0.4 is 5.32 Å². The Bertz CT molecular complexity index is 1330. The van der Waals surface area contributed by atoms with Crippen LogP contribution in [-0.4, -0.2) is 35.0 Å². The highest BCUT2D eigenvalue weighted by Crippen LogP contribution is 2.46. The molecular weight excluding hydrogens is 478 g/mol. The molecule has 1 aliphatic rings. The predicted octanol–water partition coefficient (Wildman–Crippen LogP) is 6.45. The Hall–Kier alpha value is -2.94. The zero-order valence-corrected chi connectivity index (χ0v) is 20.1. The summed E-state index contributed by atoms with van der Waals surface area (Å²) >= 11 is 9.33. The molecule has 3 heterocycles. The van der Waals surface area contributed by atoms with E-state index in [-0.39, 0.29) is 12.0 Å². The minimum atomic E-state index is -0.320. The first kappa shape index (κ1) is 21.9. The summed E-state index contributed by atoms with van der Waals surface area (Å²) in [6, 6.07) is 15.0. The lowest BCUT2D eigenvalue weighted by Gasteiger charge is -2.26. The number of nitrogens with zero attached hydrogens (tertiary/aromatic N) is 2. The van der Waals surface area contributed by atoms with Crippen molar-refractivity contribution in [3.05, 3.63) is 69.6 Å². The van der Waals surface area contributed by atoms with Gasteiger partial charge in [0.15, 0.2) is 0 Å². The monoisotopic (exact) mass is 497 g/mol. The van der Waals surface area contributed by atoms with Gasteiger partial charge in [-0.05, 0) is 43.2 Å². The fourth-order valence-electron chi connectivity index (χ4n) is 3.88. The van der Waals surface area contributed by atoms with Gasteiger partial charge in [0.2, 0.25) is 0 Å². The van der Waals surface area contributed by atoms with Crippen LogP contribution >= 0.6 is 34.3 Å². The summed E-state index contributed by atoms with van der Waals surface area (Å²) in [5.74, 6) is -0.274. The second-order valence-corrected chi connectivity index (χ2v) is 10.0. The van der Waals surface area contributed by atoms with Gasteiger partial charge in [0, 0.05) is 17.0 Å². The molecule has 0 saturated heterocycles. The van der Waals surface area contributed by atoms with Crippen molar-refractivity contribution in [1.29, 1.82) is 0 Å². The number of hydrogen-bond acceptors (Lipinski definition) is 6. The Kier molecular flexibility index (Phi) is 6.05. The lowest BCUT2D eigenvalue weighted by atomic mass is 10.0. The van der Waals surface area contributed by atoms with E-state index in [1.807, 2.05) is 24.3 Å². The first-order valence-electron chi connectivity index (χ1n) is 10.5. The summed E-state index contributed by atoms with van der Waals surface area (Å²) in [6.07, 6.45) is 0.345. The van der Waals surface area contributed by atoms with Gasteiger partial charge in [-0.3, -0.25) is 4.79 Å². The summed E-state index contributed by atoms with van der Waals surface area (Å²) in [5, 5.41) is 5.03. The lowest BCUT2D eigenvalue weighted by Crippen LogP contribution is -2.35. The van der Waals surface area contributed by atoms with E-state index >= 15 is 0 Å². The number of thiazole rings is 1. The molecule has 2 aromatic carbocycles. The van der Waals surface area contributed by atoms with Crippen molar-refractivity contribution in [2.45, 2.75) is 19.9 Å². The van der Waals surface area contributed by atoms with E-state index in [2.05, 4.69) is 5.32 Å². The lowest BCUT2D eigenvalue weighted by molar-refractivity contribution is 0.102. The number of rotatable bonds is 4. The van der Waals surface area contributed by atoms with Crippen LogP contribution in [0.1, 0.15) is 27.7 Å². The molecule has 0 saturated carbocycles. The number of carbonyl (C=O) groups excluding carboxylic acids is 2. The maximum absolute atomic E-state index is 13.1. The van der Waals surface area contributed by atoms with Gasteiger partial charge in [-0.15, -0.1) is 22.7 Å². The number of aromatic nitrogens is 1. The Balaban J connectivity index is 1.56. The highest BCUT2D eigenvalue weighted by molar-refractivity contribution is 7.23. The molecule has 0 spiro atoms. The molecule has 33 heavy (non-hydrogen) atoms. The van der Waals surface area contributed by atoms with E-state index in [1.54, 1.807) is 47.4 Å². The number of fused-ring (bicyclic) bond motifs is 2. The van der Waals surface area contributed by atoms with Crippen LogP contribution in [0.5, 0.6) is 0 Å². The van der Waals surface area contributed by atoms with E-state index < -0.39 is 0 Å². The van der Waals surface area contributed by atoms with Crippen LogP contribution in [0.4, 0.5) is 9.80 Å². The number of ether oxygens (including phenoxy) is 1. The zero-order chi connectivity index (χ0) is 22.9. The van der Waals surface area contributed by atoms with Crippen molar-refractivity contribution >= 4 is 61.5 Å². The molecule has 168 valence electrons. The van der Waals surface area contributed by atoms with Gasteiger partial charge in [-0.2, -0.15) is 0 Å². The zero-order valence-electron chi connectivity index (χ0n) is 17.8. The second-order valence-electron chi connectivity index (χ2n) is 7.50. The molecule has 9 heteroatoms. The second kappa shape index (κ2) is 9.13. The maximum Gasteiger partial charge on any atom is 0.410 e. The molecule has 1 N–H and O–H groups in total. The quantitative estimate of drug-likeness (QED) is 0.352. The average molecular weight is 498 g/mol. The summed E-state index contributed by atoms with van der Waals surface area (Å²) in [4.78, 5) is 32.9. The van der Waals surface area contributed by atoms with Crippen molar-refractivity contribution in [2.75, 3.05) is 18.5 Å². The summed E-state index contributed by atoms with van der Waals surface area (Å²) < 4.78 is 6.27. The number of para-hydroxylation sites is 1. The van der Waals surface area contributed by atoms with Gasteiger partial charge in [0.1, 0.15) is 10.0 Å². The van der Waals surface area contributed by atoms with Crippen LogP contribution in [-0.2, 0) is 17.7 Å². The molecule has 0 radical (unpaired) electrons. The Labute approximate surface area is 203 Å².